The molecule has 0 aromatic heterocycles. The summed E-state index contributed by atoms with van der Waals surface area (Å²) < 4.78 is 5.25. The summed E-state index contributed by atoms with van der Waals surface area (Å²) in [5, 5.41) is 6.29. The highest BCUT2D eigenvalue weighted by molar-refractivity contribution is 5.68. The third-order valence-electron chi connectivity index (χ3n) is 3.50. The summed E-state index contributed by atoms with van der Waals surface area (Å²) in [6.07, 6.45) is 1.82. The third kappa shape index (κ3) is 3.85. The second-order valence-electron chi connectivity index (χ2n) is 6.25. The first-order chi connectivity index (χ1) is 8.44. The van der Waals surface area contributed by atoms with Gasteiger partial charge in [-0.25, -0.2) is 4.79 Å². The Hall–Kier alpha value is -0.810. The minimum Gasteiger partial charge on any atom is -0.444 e. The lowest BCUT2D eigenvalue weighted by Gasteiger charge is -2.44. The molecule has 0 atom stereocenters. The minimum atomic E-state index is -0.411. The fourth-order valence-corrected chi connectivity index (χ4v) is 2.53. The largest absolute Gasteiger partial charge is 0.444 e. The number of ether oxygens (including phenoxy) is 1. The van der Waals surface area contributed by atoms with E-state index in [1.165, 1.54) is 0 Å². The lowest BCUT2D eigenvalue weighted by atomic mass is 9.85. The van der Waals surface area contributed by atoms with E-state index in [1.807, 2.05) is 20.8 Å². The standard InChI is InChI=1S/C13H25N3O2/c1-13(2,3)18-12(17)15-10-8-11(9-10)16-6-4-14-5-7-16/h10-11,14H,4-9H2,1-3H3,(H,15,17)/t10-,11-. The zero-order valence-electron chi connectivity index (χ0n) is 11.7. The monoisotopic (exact) mass is 255 g/mol. The van der Waals surface area contributed by atoms with E-state index in [4.69, 9.17) is 4.74 Å². The van der Waals surface area contributed by atoms with E-state index in [0.29, 0.717) is 12.1 Å². The molecule has 1 saturated carbocycles. The Bertz CT molecular complexity index is 289. The molecule has 5 heteroatoms. The third-order valence-corrected chi connectivity index (χ3v) is 3.50. The van der Waals surface area contributed by atoms with Gasteiger partial charge in [-0.2, -0.15) is 0 Å². The molecule has 1 saturated heterocycles. The van der Waals surface area contributed by atoms with Gasteiger partial charge in [0.15, 0.2) is 0 Å². The highest BCUT2D eigenvalue weighted by Gasteiger charge is 2.35. The van der Waals surface area contributed by atoms with Crippen molar-refractivity contribution in [1.82, 2.24) is 15.5 Å². The first-order valence-corrected chi connectivity index (χ1v) is 6.88. The molecule has 5 nitrogen and oxygen atoms in total. The van der Waals surface area contributed by atoms with Gasteiger partial charge in [0.2, 0.25) is 0 Å². The number of carbonyl (C=O) groups is 1. The van der Waals surface area contributed by atoms with Crippen LogP contribution in [0.1, 0.15) is 33.6 Å². The summed E-state index contributed by atoms with van der Waals surface area (Å²) in [5.41, 5.74) is -0.411. The van der Waals surface area contributed by atoms with Crippen molar-refractivity contribution in [3.63, 3.8) is 0 Å². The summed E-state index contributed by atoms with van der Waals surface area (Å²) in [6.45, 7) is 10.1. The average molecular weight is 255 g/mol. The molecule has 104 valence electrons. The van der Waals surface area contributed by atoms with Crippen LogP contribution in [0.5, 0.6) is 0 Å². The number of nitrogens with zero attached hydrogens (tertiary/aromatic N) is 1. The van der Waals surface area contributed by atoms with Crippen LogP contribution >= 0.6 is 0 Å². The zero-order chi connectivity index (χ0) is 13.2. The van der Waals surface area contributed by atoms with Gasteiger partial charge in [-0.1, -0.05) is 0 Å². The van der Waals surface area contributed by atoms with E-state index < -0.39 is 5.60 Å². The molecule has 18 heavy (non-hydrogen) atoms. The molecular weight excluding hydrogens is 230 g/mol. The maximum atomic E-state index is 11.6. The van der Waals surface area contributed by atoms with Gasteiger partial charge in [-0.05, 0) is 33.6 Å². The molecule has 0 spiro atoms. The van der Waals surface area contributed by atoms with Crippen LogP contribution < -0.4 is 10.6 Å². The smallest absolute Gasteiger partial charge is 0.407 e. The van der Waals surface area contributed by atoms with E-state index in [2.05, 4.69) is 15.5 Å². The van der Waals surface area contributed by atoms with Crippen LogP contribution in [0.25, 0.3) is 0 Å². The van der Waals surface area contributed by atoms with E-state index in [-0.39, 0.29) is 6.09 Å². The van der Waals surface area contributed by atoms with E-state index in [0.717, 1.165) is 39.0 Å². The topological polar surface area (TPSA) is 53.6 Å². The number of amides is 1. The van der Waals surface area contributed by atoms with Gasteiger partial charge in [-0.15, -0.1) is 0 Å². The number of nitrogens with one attached hydrogen (secondary N) is 2. The van der Waals surface area contributed by atoms with Gasteiger partial charge in [0.05, 0.1) is 0 Å². The first kappa shape index (κ1) is 13.6. The average Bonchev–Trinajstić information content (AvgIpc) is 2.21. The van der Waals surface area contributed by atoms with Crippen molar-refractivity contribution in [3.8, 4) is 0 Å². The predicted molar refractivity (Wildman–Crippen MR) is 70.6 cm³/mol. The summed E-state index contributed by atoms with van der Waals surface area (Å²) in [5.74, 6) is 0. The van der Waals surface area contributed by atoms with Gasteiger partial charge >= 0.3 is 6.09 Å². The number of alkyl carbamates (subject to hydrolysis) is 1. The van der Waals surface area contributed by atoms with Crippen LogP contribution in [-0.2, 0) is 4.74 Å². The van der Waals surface area contributed by atoms with Crippen molar-refractivity contribution >= 4 is 6.09 Å². The molecule has 1 heterocycles. The van der Waals surface area contributed by atoms with Crippen LogP contribution in [-0.4, -0.2) is 54.9 Å². The number of rotatable bonds is 2. The molecule has 1 aliphatic carbocycles. The number of hydrogen-bond donors (Lipinski definition) is 2. The highest BCUT2D eigenvalue weighted by atomic mass is 16.6. The van der Waals surface area contributed by atoms with Gasteiger partial charge < -0.3 is 15.4 Å². The van der Waals surface area contributed by atoms with E-state index in [9.17, 15) is 4.79 Å². The molecule has 2 fully saturated rings. The van der Waals surface area contributed by atoms with E-state index >= 15 is 0 Å². The van der Waals surface area contributed by atoms with Crippen molar-refractivity contribution in [2.45, 2.75) is 51.3 Å². The predicted octanol–water partition coefficient (Wildman–Crippen LogP) is 0.947. The van der Waals surface area contributed by atoms with Crippen LogP contribution in [0.15, 0.2) is 0 Å². The maximum absolute atomic E-state index is 11.6. The van der Waals surface area contributed by atoms with Gasteiger partial charge in [0.1, 0.15) is 5.60 Å². The summed E-state index contributed by atoms with van der Waals surface area (Å²) in [6, 6.07) is 0.937. The van der Waals surface area contributed by atoms with Crippen molar-refractivity contribution in [2.75, 3.05) is 26.2 Å². The minimum absolute atomic E-state index is 0.286. The summed E-state index contributed by atoms with van der Waals surface area (Å²) in [7, 11) is 0. The SMILES string of the molecule is CC(C)(C)OC(=O)N[C@H]1C[C@H](N2CCNCC2)C1. The van der Waals surface area contributed by atoms with Gasteiger partial charge in [0, 0.05) is 38.3 Å². The molecule has 2 aliphatic rings. The maximum Gasteiger partial charge on any atom is 0.407 e. The number of hydrogen-bond acceptors (Lipinski definition) is 4. The summed E-state index contributed by atoms with van der Waals surface area (Å²) in [4.78, 5) is 14.1. The quantitative estimate of drug-likeness (QED) is 0.771. The molecule has 0 bridgehead atoms. The van der Waals surface area contributed by atoms with Crippen molar-refractivity contribution in [1.29, 1.82) is 0 Å². The number of carbonyl (C=O) groups excluding carboxylic acids is 1. The Labute approximate surface area is 109 Å². The summed E-state index contributed by atoms with van der Waals surface area (Å²) >= 11 is 0. The van der Waals surface area contributed by atoms with Crippen molar-refractivity contribution in [2.24, 2.45) is 0 Å². The second-order valence-corrected chi connectivity index (χ2v) is 6.25. The fourth-order valence-electron chi connectivity index (χ4n) is 2.53. The van der Waals surface area contributed by atoms with Crippen LogP contribution in [0.3, 0.4) is 0 Å². The lowest BCUT2D eigenvalue weighted by Crippen LogP contribution is -2.58. The molecule has 2 N–H and O–H groups in total. The van der Waals surface area contributed by atoms with E-state index in [1.54, 1.807) is 0 Å². The molecule has 1 aliphatic heterocycles. The molecule has 0 aromatic carbocycles. The molecule has 2 rings (SSSR count). The second kappa shape index (κ2) is 5.45. The lowest BCUT2D eigenvalue weighted by molar-refractivity contribution is 0.0375. The Kier molecular flexibility index (Phi) is 4.12. The highest BCUT2D eigenvalue weighted by Crippen LogP contribution is 2.26. The molecule has 0 aromatic rings. The Balaban J connectivity index is 1.65. The Morgan fingerprint density at radius 3 is 2.44 bits per heavy atom. The van der Waals surface area contributed by atoms with Gasteiger partial charge in [-0.3, -0.25) is 4.90 Å². The number of piperazine rings is 1. The molecular formula is C13H25N3O2. The molecule has 1 amide bonds. The van der Waals surface area contributed by atoms with Crippen LogP contribution in [0, 0.1) is 0 Å². The zero-order valence-corrected chi connectivity index (χ0v) is 11.7. The molecule has 0 unspecified atom stereocenters. The first-order valence-electron chi connectivity index (χ1n) is 6.88. The normalized spacial score (nSPS) is 29.5. The van der Waals surface area contributed by atoms with Crippen molar-refractivity contribution < 1.29 is 9.53 Å². The fraction of sp³-hybridized carbons (Fsp3) is 0.923. The van der Waals surface area contributed by atoms with Crippen LogP contribution in [0.4, 0.5) is 4.79 Å². The van der Waals surface area contributed by atoms with Crippen molar-refractivity contribution in [3.05, 3.63) is 0 Å². The Morgan fingerprint density at radius 2 is 1.89 bits per heavy atom. The van der Waals surface area contributed by atoms with Gasteiger partial charge in [0.25, 0.3) is 0 Å². The Morgan fingerprint density at radius 1 is 1.28 bits per heavy atom. The molecule has 0 radical (unpaired) electrons. The van der Waals surface area contributed by atoms with Crippen LogP contribution in [0.2, 0.25) is 0 Å².